The number of hydrogen-bond donors (Lipinski definition) is 2. The van der Waals surface area contributed by atoms with Crippen molar-refractivity contribution in [3.8, 4) is 0 Å². The summed E-state index contributed by atoms with van der Waals surface area (Å²) in [6.45, 7) is 8.58. The van der Waals surface area contributed by atoms with Gasteiger partial charge in [0.05, 0.1) is 5.69 Å². The van der Waals surface area contributed by atoms with Crippen molar-refractivity contribution in [1.82, 2.24) is 4.98 Å². The normalized spacial score (nSPS) is 9.62. The lowest BCUT2D eigenvalue weighted by molar-refractivity contribution is 0.510. The van der Waals surface area contributed by atoms with Gasteiger partial charge >= 0.3 is 0 Å². The zero-order valence-corrected chi connectivity index (χ0v) is 7.42. The van der Waals surface area contributed by atoms with Crippen LogP contribution in [0.15, 0.2) is 24.0 Å². The molecule has 3 nitrogen and oxygen atoms in total. The maximum atomic E-state index is 11.4. The van der Waals surface area contributed by atoms with Crippen molar-refractivity contribution in [2.45, 2.75) is 6.92 Å². The van der Waals surface area contributed by atoms with E-state index in [2.05, 4.69) is 18.1 Å². The highest BCUT2D eigenvalue weighted by atomic mass is 16.3. The molecule has 1 rings (SSSR count). The molecule has 0 bridgehead atoms. The van der Waals surface area contributed by atoms with Gasteiger partial charge < -0.3 is 10.1 Å². The van der Waals surface area contributed by atoms with Crippen LogP contribution < -0.4 is 5.43 Å². The summed E-state index contributed by atoms with van der Waals surface area (Å²) in [4.78, 5) is 14.2. The summed E-state index contributed by atoms with van der Waals surface area (Å²) in [5.74, 6) is -0.157. The summed E-state index contributed by atoms with van der Waals surface area (Å²) in [6.07, 6.45) is 1.40. The average molecular weight is 177 g/mol. The number of aromatic nitrogens is 1. The number of nitrogens with one attached hydrogen (secondary N) is 1. The maximum absolute atomic E-state index is 11.4. The van der Waals surface area contributed by atoms with E-state index in [4.69, 9.17) is 0 Å². The molecule has 0 amide bonds. The van der Waals surface area contributed by atoms with E-state index in [1.54, 1.807) is 6.92 Å². The molecule has 0 aliphatic carbocycles. The van der Waals surface area contributed by atoms with Gasteiger partial charge in [-0.3, -0.25) is 4.79 Å². The van der Waals surface area contributed by atoms with Crippen LogP contribution in [-0.2, 0) is 0 Å². The summed E-state index contributed by atoms with van der Waals surface area (Å²) >= 11 is 0. The van der Waals surface area contributed by atoms with E-state index in [0.29, 0.717) is 17.0 Å². The summed E-state index contributed by atoms with van der Waals surface area (Å²) in [6, 6.07) is 1.45. The first-order valence-electron chi connectivity index (χ1n) is 3.81. The molecule has 0 aromatic carbocycles. The highest BCUT2D eigenvalue weighted by Gasteiger charge is 2.06. The Hall–Kier alpha value is -1.77. The van der Waals surface area contributed by atoms with Crippen LogP contribution in [0.2, 0.25) is 0 Å². The Bertz CT molecular complexity index is 415. The lowest BCUT2D eigenvalue weighted by Crippen LogP contribution is -2.10. The van der Waals surface area contributed by atoms with E-state index in [9.17, 15) is 9.90 Å². The van der Waals surface area contributed by atoms with Crippen molar-refractivity contribution in [2.24, 2.45) is 0 Å². The van der Waals surface area contributed by atoms with E-state index in [-0.39, 0.29) is 11.2 Å². The lowest BCUT2D eigenvalue weighted by Gasteiger charge is -2.04. The Morgan fingerprint density at radius 3 is 2.77 bits per heavy atom. The molecule has 13 heavy (non-hydrogen) atoms. The summed E-state index contributed by atoms with van der Waals surface area (Å²) in [5, 5.41) is 9.17. The number of aromatic amines is 1. The molecule has 68 valence electrons. The monoisotopic (exact) mass is 177 g/mol. The molecule has 1 aromatic heterocycles. The van der Waals surface area contributed by atoms with Gasteiger partial charge in [0.1, 0.15) is 5.76 Å². The van der Waals surface area contributed by atoms with Crippen LogP contribution >= 0.6 is 0 Å². The number of aliphatic hydroxyl groups excluding tert-OH is 1. The SMILES string of the molecule is C=Cc1c(C(=C)O)[nH]c(C)cc1=O. The molecule has 0 atom stereocenters. The van der Waals surface area contributed by atoms with E-state index in [1.807, 2.05) is 0 Å². The Labute approximate surface area is 76.1 Å². The fourth-order valence-electron chi connectivity index (χ4n) is 1.13. The minimum absolute atomic E-state index is 0.157. The number of aliphatic hydroxyl groups is 1. The molecule has 0 saturated carbocycles. The van der Waals surface area contributed by atoms with Crippen LogP contribution in [0.3, 0.4) is 0 Å². The molecular weight excluding hydrogens is 166 g/mol. The molecular formula is C10H11NO2. The lowest BCUT2D eigenvalue weighted by atomic mass is 10.1. The molecule has 0 fully saturated rings. The summed E-state index contributed by atoms with van der Waals surface area (Å²) in [5.41, 5.74) is 1.19. The van der Waals surface area contributed by atoms with Crippen molar-refractivity contribution in [2.75, 3.05) is 0 Å². The van der Waals surface area contributed by atoms with Gasteiger partial charge in [0, 0.05) is 17.3 Å². The van der Waals surface area contributed by atoms with E-state index in [1.165, 1.54) is 12.1 Å². The Balaban J connectivity index is 3.56. The van der Waals surface area contributed by atoms with Gasteiger partial charge in [0.25, 0.3) is 0 Å². The first kappa shape index (κ1) is 9.32. The van der Waals surface area contributed by atoms with Crippen molar-refractivity contribution in [3.05, 3.63) is 46.4 Å². The second-order valence-electron chi connectivity index (χ2n) is 2.76. The third-order valence-corrected chi connectivity index (χ3v) is 1.70. The zero-order chi connectivity index (χ0) is 10.0. The summed E-state index contributed by atoms with van der Waals surface area (Å²) in [7, 11) is 0. The molecule has 0 spiro atoms. The maximum Gasteiger partial charge on any atom is 0.189 e. The minimum atomic E-state index is -0.170. The Morgan fingerprint density at radius 2 is 2.31 bits per heavy atom. The largest absolute Gasteiger partial charge is 0.506 e. The van der Waals surface area contributed by atoms with Crippen LogP contribution in [0.25, 0.3) is 11.8 Å². The van der Waals surface area contributed by atoms with Crippen molar-refractivity contribution in [1.29, 1.82) is 0 Å². The Kier molecular flexibility index (Phi) is 2.37. The number of hydrogen-bond acceptors (Lipinski definition) is 2. The molecule has 1 heterocycles. The van der Waals surface area contributed by atoms with Crippen LogP contribution in [0.5, 0.6) is 0 Å². The van der Waals surface area contributed by atoms with E-state index < -0.39 is 0 Å². The van der Waals surface area contributed by atoms with Crippen molar-refractivity contribution in [3.63, 3.8) is 0 Å². The van der Waals surface area contributed by atoms with Gasteiger partial charge in [0.15, 0.2) is 5.43 Å². The number of pyridine rings is 1. The predicted molar refractivity (Wildman–Crippen MR) is 53.6 cm³/mol. The molecule has 2 N–H and O–H groups in total. The minimum Gasteiger partial charge on any atom is -0.506 e. The molecule has 0 aliphatic heterocycles. The second-order valence-corrected chi connectivity index (χ2v) is 2.76. The van der Waals surface area contributed by atoms with Gasteiger partial charge in [-0.25, -0.2) is 0 Å². The molecule has 0 saturated heterocycles. The number of H-pyrrole nitrogens is 1. The van der Waals surface area contributed by atoms with Crippen molar-refractivity contribution >= 4 is 11.8 Å². The molecule has 1 aromatic rings. The molecule has 0 radical (unpaired) electrons. The summed E-state index contributed by atoms with van der Waals surface area (Å²) < 4.78 is 0. The smallest absolute Gasteiger partial charge is 0.189 e. The first-order chi connectivity index (χ1) is 6.06. The van der Waals surface area contributed by atoms with Gasteiger partial charge in [0.2, 0.25) is 0 Å². The van der Waals surface area contributed by atoms with Crippen LogP contribution in [0.1, 0.15) is 17.0 Å². The topological polar surface area (TPSA) is 53.1 Å². The van der Waals surface area contributed by atoms with Gasteiger partial charge in [-0.1, -0.05) is 19.2 Å². The third-order valence-electron chi connectivity index (χ3n) is 1.70. The molecule has 0 unspecified atom stereocenters. The number of aryl methyl sites for hydroxylation is 1. The quantitative estimate of drug-likeness (QED) is 0.677. The predicted octanol–water partition coefficient (Wildman–Crippen LogP) is 1.86. The first-order valence-corrected chi connectivity index (χ1v) is 3.81. The highest BCUT2D eigenvalue weighted by molar-refractivity contribution is 5.65. The fraction of sp³-hybridized carbons (Fsp3) is 0.100. The zero-order valence-electron chi connectivity index (χ0n) is 7.42. The average Bonchev–Trinajstić information content (AvgIpc) is 2.02. The molecule has 0 aliphatic rings. The van der Waals surface area contributed by atoms with Crippen LogP contribution in [-0.4, -0.2) is 10.1 Å². The molecule has 3 heteroatoms. The van der Waals surface area contributed by atoms with Gasteiger partial charge in [-0.05, 0) is 6.92 Å². The van der Waals surface area contributed by atoms with Crippen LogP contribution in [0, 0.1) is 6.92 Å². The van der Waals surface area contributed by atoms with Crippen molar-refractivity contribution < 1.29 is 5.11 Å². The van der Waals surface area contributed by atoms with E-state index >= 15 is 0 Å². The fourth-order valence-corrected chi connectivity index (χ4v) is 1.13. The van der Waals surface area contributed by atoms with Crippen LogP contribution in [0.4, 0.5) is 0 Å². The standard InChI is InChI=1S/C10H11NO2/c1-4-8-9(13)5-6(2)11-10(8)7(3)12/h4-5,12H,1,3H2,2H3,(H,11,13). The van der Waals surface area contributed by atoms with Gasteiger partial charge in [-0.2, -0.15) is 0 Å². The highest BCUT2D eigenvalue weighted by Crippen LogP contribution is 2.10. The Morgan fingerprint density at radius 1 is 1.69 bits per heavy atom. The van der Waals surface area contributed by atoms with Gasteiger partial charge in [-0.15, -0.1) is 0 Å². The van der Waals surface area contributed by atoms with E-state index in [0.717, 1.165) is 0 Å². The number of rotatable bonds is 2. The third kappa shape index (κ3) is 1.69. The second kappa shape index (κ2) is 3.31.